The Hall–Kier alpha value is -1.35. The predicted molar refractivity (Wildman–Crippen MR) is 65.3 cm³/mol. The average Bonchev–Trinajstić information content (AvgIpc) is 2.31. The number of fused-ring (bicyclic) bond motifs is 1. The number of aliphatic hydroxyl groups is 1. The zero-order chi connectivity index (χ0) is 12.5. The summed E-state index contributed by atoms with van der Waals surface area (Å²) >= 11 is 0. The van der Waals surface area contributed by atoms with Crippen LogP contribution in [0, 0.1) is 5.41 Å². The lowest BCUT2D eigenvalue weighted by Crippen LogP contribution is -2.38. The molecule has 3 nitrogen and oxygen atoms in total. The van der Waals surface area contributed by atoms with Crippen molar-refractivity contribution in [1.29, 1.82) is 0 Å². The lowest BCUT2D eigenvalue weighted by atomic mass is 9.64. The van der Waals surface area contributed by atoms with E-state index in [0.29, 0.717) is 18.6 Å². The van der Waals surface area contributed by atoms with Gasteiger partial charge in [0.2, 0.25) is 0 Å². The number of carbonyl (C=O) groups excluding carboxylic acids is 1. The Morgan fingerprint density at radius 3 is 3.06 bits per heavy atom. The second-order valence-corrected chi connectivity index (χ2v) is 4.63. The van der Waals surface area contributed by atoms with Crippen molar-refractivity contribution in [3.8, 4) is 0 Å². The molecule has 0 bridgehead atoms. The molecule has 0 unspecified atom stereocenters. The average molecular weight is 234 g/mol. The Balaban J connectivity index is 2.48. The van der Waals surface area contributed by atoms with Crippen molar-refractivity contribution in [3.63, 3.8) is 0 Å². The number of hydrogen-bond acceptors (Lipinski definition) is 3. The van der Waals surface area contributed by atoms with Gasteiger partial charge in [0.25, 0.3) is 0 Å². The van der Waals surface area contributed by atoms with Crippen LogP contribution in [0.4, 0.5) is 0 Å². The number of ketones is 1. The lowest BCUT2D eigenvalue weighted by Gasteiger charge is -2.39. The third-order valence-corrected chi connectivity index (χ3v) is 3.66. The maximum absolute atomic E-state index is 12.2. The van der Waals surface area contributed by atoms with Gasteiger partial charge in [0, 0.05) is 6.42 Å². The first-order valence-corrected chi connectivity index (χ1v) is 5.94. The number of carbonyl (C=O) groups is 1. The van der Waals surface area contributed by atoms with Gasteiger partial charge in [-0.25, -0.2) is 0 Å². The second-order valence-electron chi connectivity index (χ2n) is 4.63. The highest BCUT2D eigenvalue weighted by Crippen LogP contribution is 2.46. The van der Waals surface area contributed by atoms with Crippen LogP contribution in [0.2, 0.25) is 0 Å². The van der Waals surface area contributed by atoms with E-state index in [0.717, 1.165) is 18.4 Å². The fourth-order valence-electron chi connectivity index (χ4n) is 2.78. The van der Waals surface area contributed by atoms with Crippen LogP contribution in [0.15, 0.2) is 36.1 Å². The third kappa shape index (κ3) is 1.84. The van der Waals surface area contributed by atoms with Crippen LogP contribution in [0.5, 0.6) is 0 Å². The number of Topliss-reactive ketones (excluding diaryl/α,β-unsaturated/α-hetero) is 1. The van der Waals surface area contributed by atoms with Gasteiger partial charge in [0.1, 0.15) is 17.6 Å². The minimum atomic E-state index is -0.723. The normalized spacial score (nSPS) is 32.4. The Morgan fingerprint density at radius 2 is 2.41 bits per heavy atom. The molecule has 2 aliphatic carbocycles. The molecule has 2 aliphatic rings. The van der Waals surface area contributed by atoms with Crippen molar-refractivity contribution >= 4 is 5.78 Å². The van der Waals surface area contributed by atoms with Crippen molar-refractivity contribution in [2.45, 2.75) is 31.8 Å². The first-order valence-electron chi connectivity index (χ1n) is 5.94. The molecule has 0 saturated heterocycles. The summed E-state index contributed by atoms with van der Waals surface area (Å²) in [5.41, 5.74) is 0.409. The molecule has 2 atom stereocenters. The van der Waals surface area contributed by atoms with E-state index in [2.05, 4.69) is 6.58 Å². The first kappa shape index (κ1) is 12.1. The molecule has 0 radical (unpaired) electrons. The van der Waals surface area contributed by atoms with Crippen molar-refractivity contribution in [1.82, 2.24) is 0 Å². The van der Waals surface area contributed by atoms with Gasteiger partial charge < -0.3 is 9.84 Å². The Bertz CT molecular complexity index is 406. The summed E-state index contributed by atoms with van der Waals surface area (Å²) < 4.78 is 5.15. The number of allylic oxidation sites excluding steroid dienone is 3. The van der Waals surface area contributed by atoms with Crippen molar-refractivity contribution < 1.29 is 14.6 Å². The molecule has 0 spiro atoms. The van der Waals surface area contributed by atoms with Gasteiger partial charge in [-0.15, -0.1) is 6.58 Å². The van der Waals surface area contributed by atoms with Crippen molar-refractivity contribution in [2.24, 2.45) is 5.41 Å². The second kappa shape index (κ2) is 4.49. The van der Waals surface area contributed by atoms with E-state index in [-0.39, 0.29) is 5.78 Å². The van der Waals surface area contributed by atoms with Crippen LogP contribution in [0.1, 0.15) is 25.7 Å². The number of hydrogen-bond donors (Lipinski definition) is 1. The molecule has 0 heterocycles. The van der Waals surface area contributed by atoms with Gasteiger partial charge in [-0.3, -0.25) is 4.79 Å². The molecule has 1 N–H and O–H groups in total. The fraction of sp³-hybridized carbons (Fsp3) is 0.500. The van der Waals surface area contributed by atoms with E-state index < -0.39 is 11.5 Å². The standard InChI is InChI=1S/C14H18O3/c1-3-7-14-9-12(17-2)11(15)8-10(14)5-4-6-13(14)16/h3,8-9,11,15H,1,4-7H2,2H3/t11-,14-/m0/s1. The van der Waals surface area contributed by atoms with Gasteiger partial charge in [-0.05, 0) is 31.4 Å². The van der Waals surface area contributed by atoms with Crippen LogP contribution >= 0.6 is 0 Å². The summed E-state index contributed by atoms with van der Waals surface area (Å²) in [5, 5.41) is 9.87. The molecule has 0 aromatic carbocycles. The van der Waals surface area contributed by atoms with E-state index in [4.69, 9.17) is 4.74 Å². The van der Waals surface area contributed by atoms with E-state index in [9.17, 15) is 9.90 Å². The monoisotopic (exact) mass is 234 g/mol. The highest BCUT2D eigenvalue weighted by molar-refractivity contribution is 5.91. The number of methoxy groups -OCH3 is 1. The van der Waals surface area contributed by atoms with Crippen LogP contribution in [-0.4, -0.2) is 24.1 Å². The summed E-state index contributed by atoms with van der Waals surface area (Å²) in [4.78, 5) is 12.2. The van der Waals surface area contributed by atoms with Crippen molar-refractivity contribution in [3.05, 3.63) is 36.1 Å². The van der Waals surface area contributed by atoms with Crippen LogP contribution in [0.3, 0.4) is 0 Å². The van der Waals surface area contributed by atoms with E-state index in [1.807, 2.05) is 0 Å². The van der Waals surface area contributed by atoms with Gasteiger partial charge in [-0.1, -0.05) is 11.6 Å². The molecule has 0 aromatic heterocycles. The molecule has 0 amide bonds. The summed E-state index contributed by atoms with van der Waals surface area (Å²) in [6.45, 7) is 3.73. The fourth-order valence-corrected chi connectivity index (χ4v) is 2.78. The van der Waals surface area contributed by atoms with Crippen LogP contribution in [0.25, 0.3) is 0 Å². The van der Waals surface area contributed by atoms with Crippen molar-refractivity contribution in [2.75, 3.05) is 7.11 Å². The SMILES string of the molecule is C=CC[C@]12C=C(OC)[C@@H](O)C=C1CCCC2=O. The summed E-state index contributed by atoms with van der Waals surface area (Å²) in [6.07, 6.45) is 7.50. The zero-order valence-electron chi connectivity index (χ0n) is 10.1. The highest BCUT2D eigenvalue weighted by Gasteiger charge is 2.44. The molecule has 1 fully saturated rings. The minimum absolute atomic E-state index is 0.205. The molecule has 0 aliphatic heterocycles. The highest BCUT2D eigenvalue weighted by atomic mass is 16.5. The molecule has 0 aromatic rings. The smallest absolute Gasteiger partial charge is 0.147 e. The quantitative estimate of drug-likeness (QED) is 0.761. The predicted octanol–water partition coefficient (Wildman–Crippen LogP) is 2.13. The molecule has 1 saturated carbocycles. The molecular formula is C14H18O3. The van der Waals surface area contributed by atoms with E-state index in [1.165, 1.54) is 7.11 Å². The maximum atomic E-state index is 12.2. The summed E-state index contributed by atoms with van der Waals surface area (Å²) in [6, 6.07) is 0. The van der Waals surface area contributed by atoms with Gasteiger partial charge in [0.15, 0.2) is 0 Å². The first-order chi connectivity index (χ1) is 8.14. The number of aliphatic hydroxyl groups excluding tert-OH is 1. The largest absolute Gasteiger partial charge is 0.498 e. The van der Waals surface area contributed by atoms with E-state index in [1.54, 1.807) is 18.2 Å². The van der Waals surface area contributed by atoms with Gasteiger partial charge in [-0.2, -0.15) is 0 Å². The summed E-state index contributed by atoms with van der Waals surface area (Å²) in [7, 11) is 1.52. The molecular weight excluding hydrogens is 216 g/mol. The van der Waals surface area contributed by atoms with Gasteiger partial charge in [0.05, 0.1) is 12.5 Å². The van der Waals surface area contributed by atoms with Crippen LogP contribution < -0.4 is 0 Å². The number of ether oxygens (including phenoxy) is 1. The Morgan fingerprint density at radius 1 is 1.65 bits per heavy atom. The number of rotatable bonds is 3. The molecule has 3 heteroatoms. The third-order valence-electron chi connectivity index (χ3n) is 3.66. The van der Waals surface area contributed by atoms with Crippen LogP contribution in [-0.2, 0) is 9.53 Å². The summed E-state index contributed by atoms with van der Waals surface area (Å²) in [5.74, 6) is 0.669. The van der Waals surface area contributed by atoms with Gasteiger partial charge >= 0.3 is 0 Å². The minimum Gasteiger partial charge on any atom is -0.498 e. The maximum Gasteiger partial charge on any atom is 0.147 e. The van der Waals surface area contributed by atoms with E-state index >= 15 is 0 Å². The topological polar surface area (TPSA) is 46.5 Å². The molecule has 2 rings (SSSR count). The lowest BCUT2D eigenvalue weighted by molar-refractivity contribution is -0.126. The molecule has 17 heavy (non-hydrogen) atoms. The zero-order valence-corrected chi connectivity index (χ0v) is 10.1. The Kier molecular flexibility index (Phi) is 3.20. The molecule has 92 valence electrons. The Labute approximate surface area is 101 Å².